The maximum atomic E-state index is 11.3. The van der Waals surface area contributed by atoms with Gasteiger partial charge in [0.1, 0.15) is 5.42 Å². The Bertz CT molecular complexity index is 858. The molecular formula is C19H19NO2. The zero-order valence-electron chi connectivity index (χ0n) is 12.8. The van der Waals surface area contributed by atoms with Gasteiger partial charge < -0.3 is 9.32 Å². The number of anilines is 1. The van der Waals surface area contributed by atoms with Gasteiger partial charge in [-0.1, -0.05) is 30.4 Å². The van der Waals surface area contributed by atoms with Crippen molar-refractivity contribution in [3.05, 3.63) is 69.1 Å². The van der Waals surface area contributed by atoms with E-state index in [0.717, 1.165) is 11.6 Å². The summed E-state index contributed by atoms with van der Waals surface area (Å²) < 4.78 is 5.24. The zero-order valence-corrected chi connectivity index (χ0v) is 12.8. The van der Waals surface area contributed by atoms with E-state index in [2.05, 4.69) is 47.4 Å². The Labute approximate surface area is 129 Å². The maximum Gasteiger partial charge on any atom is 0.336 e. The molecule has 3 rings (SSSR count). The number of allylic oxidation sites excluding steroid dienone is 1. The molecule has 1 atom stereocenters. The largest absolute Gasteiger partial charge is 0.423 e. The third-order valence-electron chi connectivity index (χ3n) is 3.81. The van der Waals surface area contributed by atoms with Gasteiger partial charge in [0.25, 0.3) is 0 Å². The molecule has 0 fully saturated rings. The van der Waals surface area contributed by atoms with Gasteiger partial charge in [0.15, 0.2) is 0 Å². The van der Waals surface area contributed by atoms with Crippen LogP contribution in [0, 0.1) is 5.92 Å². The molecular weight excluding hydrogens is 274 g/mol. The molecule has 112 valence electrons. The van der Waals surface area contributed by atoms with Gasteiger partial charge in [-0.05, 0) is 36.3 Å². The molecule has 3 nitrogen and oxygen atoms in total. The molecule has 2 aromatic rings. The van der Waals surface area contributed by atoms with Gasteiger partial charge in [0, 0.05) is 37.0 Å². The highest BCUT2D eigenvalue weighted by molar-refractivity contribution is 5.57. The van der Waals surface area contributed by atoms with Crippen LogP contribution in [0.5, 0.6) is 0 Å². The molecule has 1 heterocycles. The van der Waals surface area contributed by atoms with Crippen molar-refractivity contribution in [3.63, 3.8) is 0 Å². The Kier molecular flexibility index (Phi) is 3.96. The lowest BCUT2D eigenvalue weighted by Crippen LogP contribution is -2.31. The van der Waals surface area contributed by atoms with Crippen molar-refractivity contribution in [2.75, 3.05) is 19.0 Å². The predicted molar refractivity (Wildman–Crippen MR) is 91.1 cm³/mol. The molecule has 0 N–H and O–H groups in total. The molecule has 0 saturated carbocycles. The van der Waals surface area contributed by atoms with Crippen molar-refractivity contribution < 1.29 is 4.42 Å². The van der Waals surface area contributed by atoms with Gasteiger partial charge in [-0.2, -0.15) is 0 Å². The Morgan fingerprint density at radius 2 is 1.91 bits per heavy atom. The monoisotopic (exact) mass is 293 g/mol. The highest BCUT2D eigenvalue weighted by Crippen LogP contribution is 2.16. The van der Waals surface area contributed by atoms with E-state index in [4.69, 9.17) is 4.42 Å². The molecule has 0 aliphatic heterocycles. The van der Waals surface area contributed by atoms with Crippen LogP contribution in [0.15, 0.2) is 51.7 Å². The van der Waals surface area contributed by atoms with Crippen LogP contribution in [-0.4, -0.2) is 14.1 Å². The summed E-state index contributed by atoms with van der Waals surface area (Å²) in [7, 11) is 4.06. The number of rotatable bonds is 3. The van der Waals surface area contributed by atoms with Gasteiger partial charge in [0.05, 0.1) is 0 Å². The first-order valence-corrected chi connectivity index (χ1v) is 7.39. The summed E-state index contributed by atoms with van der Waals surface area (Å²) in [4.78, 5) is 13.4. The van der Waals surface area contributed by atoms with Crippen molar-refractivity contribution in [1.29, 1.82) is 0 Å². The summed E-state index contributed by atoms with van der Waals surface area (Å²) in [6, 6.07) is 11.7. The lowest BCUT2D eigenvalue weighted by atomic mass is 9.98. The first kappa shape index (κ1) is 14.4. The average molecular weight is 293 g/mol. The van der Waals surface area contributed by atoms with Crippen LogP contribution in [0.25, 0.3) is 18.2 Å². The van der Waals surface area contributed by atoms with Gasteiger partial charge in [-0.3, -0.25) is 0 Å². The molecule has 0 amide bonds. The van der Waals surface area contributed by atoms with E-state index in [0.29, 0.717) is 5.42 Å². The van der Waals surface area contributed by atoms with Crippen LogP contribution < -0.4 is 21.2 Å². The number of benzene rings is 1. The van der Waals surface area contributed by atoms with Gasteiger partial charge >= 0.3 is 5.63 Å². The molecule has 0 saturated heterocycles. The normalized spacial score (nSPS) is 16.7. The van der Waals surface area contributed by atoms with Crippen molar-refractivity contribution in [3.8, 4) is 0 Å². The average Bonchev–Trinajstić information content (AvgIpc) is 2.53. The van der Waals surface area contributed by atoms with E-state index in [-0.39, 0.29) is 11.5 Å². The third kappa shape index (κ3) is 3.19. The Morgan fingerprint density at radius 3 is 2.64 bits per heavy atom. The minimum absolute atomic E-state index is 0.256. The molecule has 1 aliphatic carbocycles. The van der Waals surface area contributed by atoms with Crippen LogP contribution in [-0.2, 0) is 0 Å². The Morgan fingerprint density at radius 1 is 1.14 bits per heavy atom. The molecule has 22 heavy (non-hydrogen) atoms. The van der Waals surface area contributed by atoms with E-state index in [9.17, 15) is 4.79 Å². The fourth-order valence-corrected chi connectivity index (χ4v) is 2.52. The summed E-state index contributed by atoms with van der Waals surface area (Å²) in [6.07, 6.45) is 9.31. The van der Waals surface area contributed by atoms with E-state index in [1.807, 2.05) is 26.2 Å². The van der Waals surface area contributed by atoms with Gasteiger partial charge in [0.2, 0.25) is 0 Å². The number of hydrogen-bond acceptors (Lipinski definition) is 3. The predicted octanol–water partition coefficient (Wildman–Crippen LogP) is 2.00. The first-order chi connectivity index (χ1) is 10.6. The number of nitrogens with zero attached hydrogens (tertiary/aromatic N) is 1. The smallest absolute Gasteiger partial charge is 0.336 e. The fourth-order valence-electron chi connectivity index (χ4n) is 2.52. The van der Waals surface area contributed by atoms with Crippen LogP contribution in [0.1, 0.15) is 12.0 Å². The molecule has 0 spiro atoms. The second-order valence-corrected chi connectivity index (χ2v) is 5.69. The summed E-state index contributed by atoms with van der Waals surface area (Å²) in [5.74, 6) is 0.256. The molecule has 1 aromatic carbocycles. The first-order valence-electron chi connectivity index (χ1n) is 7.39. The standard InChI is InChI=1S/C19H19NO2/c1-20(2)17-10-6-14(7-11-17)3-4-15-5-8-16-9-12-19(21)22-18(16)13-15/h3-4,6-13,15H,5H2,1-2H3/b4-3+/t15-/m1/s1. The molecule has 1 aromatic heterocycles. The van der Waals surface area contributed by atoms with Crippen molar-refractivity contribution in [2.45, 2.75) is 6.42 Å². The second-order valence-electron chi connectivity index (χ2n) is 5.69. The number of fused-ring (bicyclic) bond motifs is 1. The van der Waals surface area contributed by atoms with Crippen molar-refractivity contribution in [2.24, 2.45) is 5.92 Å². The summed E-state index contributed by atoms with van der Waals surface area (Å²) in [6.45, 7) is 0. The third-order valence-corrected chi connectivity index (χ3v) is 3.81. The van der Waals surface area contributed by atoms with Crippen molar-refractivity contribution in [1.82, 2.24) is 0 Å². The van der Waals surface area contributed by atoms with Gasteiger partial charge in [-0.15, -0.1) is 0 Å². The molecule has 0 unspecified atom stereocenters. The highest BCUT2D eigenvalue weighted by Gasteiger charge is 2.05. The van der Waals surface area contributed by atoms with E-state index < -0.39 is 0 Å². The Balaban J connectivity index is 1.80. The minimum atomic E-state index is -0.299. The minimum Gasteiger partial charge on any atom is -0.423 e. The van der Waals surface area contributed by atoms with Crippen LogP contribution in [0.2, 0.25) is 0 Å². The lowest BCUT2D eigenvalue weighted by molar-refractivity contribution is 0.468. The summed E-state index contributed by atoms with van der Waals surface area (Å²) in [5, 5.41) is 1.000. The summed E-state index contributed by atoms with van der Waals surface area (Å²) >= 11 is 0. The number of hydrogen-bond donors (Lipinski definition) is 0. The molecule has 0 bridgehead atoms. The zero-order chi connectivity index (χ0) is 15.5. The molecule has 0 radical (unpaired) electrons. The fraction of sp³-hybridized carbons (Fsp3) is 0.211. The van der Waals surface area contributed by atoms with E-state index in [1.165, 1.54) is 17.3 Å². The SMILES string of the molecule is CN(C)c1ccc(/C=C/[C@H]2C=c3oc(=O)ccc3=CC2)cc1. The second kappa shape index (κ2) is 6.06. The summed E-state index contributed by atoms with van der Waals surface area (Å²) in [5.41, 5.74) is 2.73. The van der Waals surface area contributed by atoms with E-state index in [1.54, 1.807) is 0 Å². The topological polar surface area (TPSA) is 33.5 Å². The quantitative estimate of drug-likeness (QED) is 0.868. The molecule has 3 heteroatoms. The molecule has 1 aliphatic rings. The lowest BCUT2D eigenvalue weighted by Gasteiger charge is -2.12. The Hall–Kier alpha value is -2.55. The van der Waals surface area contributed by atoms with Gasteiger partial charge in [-0.25, -0.2) is 4.79 Å². The highest BCUT2D eigenvalue weighted by atomic mass is 16.4. The van der Waals surface area contributed by atoms with Crippen LogP contribution in [0.3, 0.4) is 0 Å². The van der Waals surface area contributed by atoms with Crippen LogP contribution >= 0.6 is 0 Å². The van der Waals surface area contributed by atoms with Crippen molar-refractivity contribution >= 4 is 23.9 Å². The van der Waals surface area contributed by atoms with E-state index >= 15 is 0 Å². The van der Waals surface area contributed by atoms with Crippen LogP contribution in [0.4, 0.5) is 5.69 Å². The maximum absolute atomic E-state index is 11.3.